The predicted molar refractivity (Wildman–Crippen MR) is 129 cm³/mol. The molecule has 0 saturated carbocycles. The molecule has 1 N–H and O–H groups in total. The average molecular weight is 416 g/mol. The van der Waals surface area contributed by atoms with Crippen molar-refractivity contribution in [3.8, 4) is 22.6 Å². The van der Waals surface area contributed by atoms with Gasteiger partial charge >= 0.3 is 0 Å². The van der Waals surface area contributed by atoms with Crippen molar-refractivity contribution in [3.63, 3.8) is 0 Å². The minimum atomic E-state index is -0.0680. The number of anilines is 1. The number of nitrogens with one attached hydrogen (secondary N) is 1. The Morgan fingerprint density at radius 1 is 1.06 bits per heavy atom. The maximum Gasteiger partial charge on any atom is 0.131 e. The summed E-state index contributed by atoms with van der Waals surface area (Å²) in [7, 11) is 1.74. The number of rotatable bonds is 2. The molecular formula is C28H33NO2. The molecule has 2 aliphatic heterocycles. The van der Waals surface area contributed by atoms with Crippen LogP contribution in [-0.4, -0.2) is 12.6 Å². The van der Waals surface area contributed by atoms with E-state index in [1.807, 2.05) is 12.1 Å². The van der Waals surface area contributed by atoms with E-state index in [4.69, 9.17) is 9.47 Å². The van der Waals surface area contributed by atoms with Gasteiger partial charge in [-0.15, -0.1) is 0 Å². The van der Waals surface area contributed by atoms with Gasteiger partial charge in [-0.3, -0.25) is 0 Å². The van der Waals surface area contributed by atoms with E-state index in [9.17, 15) is 0 Å². The summed E-state index contributed by atoms with van der Waals surface area (Å²) in [5, 5.41) is 3.73. The normalized spacial score (nSPS) is 24.6. The van der Waals surface area contributed by atoms with Crippen molar-refractivity contribution in [2.75, 3.05) is 12.4 Å². The molecule has 162 valence electrons. The van der Waals surface area contributed by atoms with Crippen LogP contribution >= 0.6 is 0 Å². The van der Waals surface area contributed by atoms with Crippen LogP contribution in [0.1, 0.15) is 64.7 Å². The van der Waals surface area contributed by atoms with Crippen molar-refractivity contribution in [2.24, 2.45) is 11.3 Å². The largest absolute Gasteiger partial charge is 0.496 e. The first kappa shape index (κ1) is 20.2. The number of fused-ring (bicyclic) bond motifs is 5. The third-order valence-corrected chi connectivity index (χ3v) is 6.91. The van der Waals surface area contributed by atoms with Crippen LogP contribution in [-0.2, 0) is 0 Å². The van der Waals surface area contributed by atoms with Gasteiger partial charge in [-0.2, -0.15) is 0 Å². The number of benzene rings is 2. The van der Waals surface area contributed by atoms with Crippen LogP contribution < -0.4 is 14.8 Å². The van der Waals surface area contributed by atoms with Gasteiger partial charge in [0.25, 0.3) is 0 Å². The molecule has 1 aliphatic carbocycles. The Morgan fingerprint density at radius 3 is 2.61 bits per heavy atom. The van der Waals surface area contributed by atoms with Crippen LogP contribution in [0.25, 0.3) is 16.7 Å². The second kappa shape index (κ2) is 6.91. The van der Waals surface area contributed by atoms with Gasteiger partial charge in [-0.25, -0.2) is 0 Å². The summed E-state index contributed by atoms with van der Waals surface area (Å²) in [6, 6.07) is 10.6. The van der Waals surface area contributed by atoms with Gasteiger partial charge in [0.15, 0.2) is 0 Å². The molecule has 3 heteroatoms. The summed E-state index contributed by atoms with van der Waals surface area (Å²) in [6.07, 6.45) is 9.21. The fraction of sp³-hybridized carbons (Fsp3) is 0.429. The van der Waals surface area contributed by atoms with Crippen molar-refractivity contribution in [1.29, 1.82) is 0 Å². The van der Waals surface area contributed by atoms with Crippen LogP contribution in [0.2, 0.25) is 0 Å². The van der Waals surface area contributed by atoms with E-state index in [0.29, 0.717) is 5.92 Å². The van der Waals surface area contributed by atoms with Crippen LogP contribution in [0.5, 0.6) is 11.5 Å². The Bertz CT molecular complexity index is 1110. The van der Waals surface area contributed by atoms with Crippen molar-refractivity contribution in [2.45, 2.75) is 59.1 Å². The second-order valence-electron chi connectivity index (χ2n) is 10.6. The lowest BCUT2D eigenvalue weighted by atomic mass is 9.71. The molecule has 0 radical (unpaired) electrons. The smallest absolute Gasteiger partial charge is 0.131 e. The Morgan fingerprint density at radius 2 is 1.87 bits per heavy atom. The predicted octanol–water partition coefficient (Wildman–Crippen LogP) is 7.40. The SMILES string of the molecule is COc1cccc2c1-c1ccc3c(c1C(C1CC=CC(C)(C)C1)O2)C(C)=CC(C)(C)N3. The quantitative estimate of drug-likeness (QED) is 0.519. The highest BCUT2D eigenvalue weighted by molar-refractivity contribution is 5.91. The van der Waals surface area contributed by atoms with Gasteiger partial charge in [0, 0.05) is 22.7 Å². The van der Waals surface area contributed by atoms with Gasteiger partial charge in [0.2, 0.25) is 0 Å². The van der Waals surface area contributed by atoms with E-state index in [1.165, 1.54) is 28.0 Å². The van der Waals surface area contributed by atoms with Crippen molar-refractivity contribution in [1.82, 2.24) is 0 Å². The minimum Gasteiger partial charge on any atom is -0.496 e. The Kier molecular flexibility index (Phi) is 4.51. The first-order valence-electron chi connectivity index (χ1n) is 11.4. The topological polar surface area (TPSA) is 30.5 Å². The minimum absolute atomic E-state index is 0.0140. The Labute approximate surface area is 186 Å². The van der Waals surface area contributed by atoms with Gasteiger partial charge in [-0.05, 0) is 68.4 Å². The van der Waals surface area contributed by atoms with Gasteiger partial charge in [-0.1, -0.05) is 44.2 Å². The number of methoxy groups -OCH3 is 1. The van der Waals surface area contributed by atoms with Crippen LogP contribution in [0, 0.1) is 11.3 Å². The highest BCUT2D eigenvalue weighted by Crippen LogP contribution is 2.55. The van der Waals surface area contributed by atoms with Crippen LogP contribution in [0.15, 0.2) is 48.6 Å². The summed E-state index contributed by atoms with van der Waals surface area (Å²) < 4.78 is 12.6. The Hall–Kier alpha value is -2.68. The lowest BCUT2D eigenvalue weighted by Gasteiger charge is -2.42. The third-order valence-electron chi connectivity index (χ3n) is 6.91. The molecule has 3 nitrogen and oxygen atoms in total. The molecule has 0 saturated heterocycles. The first-order valence-corrected chi connectivity index (χ1v) is 11.4. The fourth-order valence-corrected chi connectivity index (χ4v) is 5.85. The van der Waals surface area contributed by atoms with Gasteiger partial charge in [0.1, 0.15) is 17.6 Å². The summed E-state index contributed by atoms with van der Waals surface area (Å²) in [6.45, 7) is 11.3. The van der Waals surface area contributed by atoms with Crippen molar-refractivity contribution in [3.05, 3.63) is 59.7 Å². The monoisotopic (exact) mass is 415 g/mol. The standard InChI is InChI=1S/C28H33NO2/c1-17-15-28(4,5)29-20-13-12-19-24-21(30-6)10-7-11-22(24)31-26(25(19)23(17)20)18-9-8-14-27(2,3)16-18/h7-8,10-15,18,26,29H,9,16H2,1-6H3. The molecule has 0 spiro atoms. The molecule has 3 aliphatic rings. The second-order valence-corrected chi connectivity index (χ2v) is 10.6. The van der Waals surface area contributed by atoms with Gasteiger partial charge in [0.05, 0.1) is 18.2 Å². The molecule has 0 bridgehead atoms. The summed E-state index contributed by atoms with van der Waals surface area (Å²) >= 11 is 0. The average Bonchev–Trinajstić information content (AvgIpc) is 2.70. The molecular weight excluding hydrogens is 382 g/mol. The summed E-state index contributed by atoms with van der Waals surface area (Å²) in [5.74, 6) is 2.22. The van der Waals surface area contributed by atoms with E-state index in [0.717, 1.165) is 29.9 Å². The van der Waals surface area contributed by atoms with Crippen molar-refractivity contribution >= 4 is 11.3 Å². The zero-order chi connectivity index (χ0) is 22.0. The molecule has 2 aromatic rings. The lowest BCUT2D eigenvalue weighted by molar-refractivity contribution is 0.102. The van der Waals surface area contributed by atoms with E-state index < -0.39 is 0 Å². The number of hydrogen-bond donors (Lipinski definition) is 1. The molecule has 2 aromatic carbocycles. The van der Waals surface area contributed by atoms with Gasteiger partial charge < -0.3 is 14.8 Å². The van der Waals surface area contributed by atoms with Crippen LogP contribution in [0.3, 0.4) is 0 Å². The molecule has 2 heterocycles. The molecule has 2 unspecified atom stereocenters. The Balaban J connectivity index is 1.76. The highest BCUT2D eigenvalue weighted by Gasteiger charge is 2.40. The summed E-state index contributed by atoms with van der Waals surface area (Å²) in [4.78, 5) is 0. The molecule has 31 heavy (non-hydrogen) atoms. The summed E-state index contributed by atoms with van der Waals surface area (Å²) in [5.41, 5.74) is 7.54. The highest BCUT2D eigenvalue weighted by atomic mass is 16.5. The number of hydrogen-bond acceptors (Lipinski definition) is 3. The zero-order valence-electron chi connectivity index (χ0n) is 19.5. The zero-order valence-corrected chi connectivity index (χ0v) is 19.5. The molecule has 2 atom stereocenters. The third kappa shape index (κ3) is 3.35. The lowest BCUT2D eigenvalue weighted by Crippen LogP contribution is -2.34. The number of allylic oxidation sites excluding steroid dienone is 3. The molecule has 5 rings (SSSR count). The van der Waals surface area contributed by atoms with E-state index >= 15 is 0 Å². The first-order chi connectivity index (χ1) is 14.7. The maximum absolute atomic E-state index is 6.83. The molecule has 0 aromatic heterocycles. The fourth-order valence-electron chi connectivity index (χ4n) is 5.85. The van der Waals surface area contributed by atoms with Crippen LogP contribution in [0.4, 0.5) is 5.69 Å². The van der Waals surface area contributed by atoms with E-state index in [-0.39, 0.29) is 17.1 Å². The van der Waals surface area contributed by atoms with E-state index in [2.05, 4.69) is 76.4 Å². The van der Waals surface area contributed by atoms with E-state index in [1.54, 1.807) is 7.11 Å². The molecule has 0 amide bonds. The number of ether oxygens (including phenoxy) is 2. The maximum atomic E-state index is 6.83. The van der Waals surface area contributed by atoms with Crippen molar-refractivity contribution < 1.29 is 9.47 Å². The molecule has 0 fully saturated rings.